The van der Waals surface area contributed by atoms with Crippen LogP contribution in [0.25, 0.3) is 4.85 Å². The van der Waals surface area contributed by atoms with E-state index in [0.29, 0.717) is 17.8 Å². The van der Waals surface area contributed by atoms with Crippen LogP contribution in [0.2, 0.25) is 0 Å². The van der Waals surface area contributed by atoms with Crippen molar-refractivity contribution >= 4 is 11.6 Å². The fourth-order valence-electron chi connectivity index (χ4n) is 11.1. The van der Waals surface area contributed by atoms with Gasteiger partial charge in [0.1, 0.15) is 0 Å². The van der Waals surface area contributed by atoms with Gasteiger partial charge in [0.05, 0.1) is 12.0 Å². The van der Waals surface area contributed by atoms with Gasteiger partial charge in [-0.15, -0.1) is 0 Å². The van der Waals surface area contributed by atoms with Crippen molar-refractivity contribution in [3.8, 4) is 0 Å². The molecule has 1 aromatic rings. The Bertz CT molecular complexity index is 1460. The van der Waals surface area contributed by atoms with Gasteiger partial charge in [-0.05, 0) is 91.9 Å². The molecule has 4 saturated carbocycles. The predicted molar refractivity (Wildman–Crippen MR) is 155 cm³/mol. The van der Waals surface area contributed by atoms with Crippen LogP contribution in [0, 0.1) is 57.8 Å². The minimum Gasteiger partial charge on any atom is -0.339 e. The van der Waals surface area contributed by atoms with Crippen LogP contribution < -0.4 is 0 Å². The second-order valence-corrected chi connectivity index (χ2v) is 16.0. The Morgan fingerprint density at radius 3 is 2.39 bits per heavy atom. The van der Waals surface area contributed by atoms with E-state index >= 15 is 0 Å². The maximum Gasteiger partial charge on any atom is 0.233 e. The van der Waals surface area contributed by atoms with E-state index < -0.39 is 10.8 Å². The SMILES string of the molecule is [C-]#[N+]C1=C[C@]2(C)C3=CC(=O)[C@@H]4[C@@H]5[C@@H](C)[C@H](C)CC[C@]5(c5nc(C6CC6)no5)CC[C@@]4(C)[C@]3(C)CC[C@H]2C(C)(C)C1=O. The van der Waals surface area contributed by atoms with Crippen LogP contribution in [0.1, 0.15) is 117 Å². The minimum absolute atomic E-state index is 0.0528. The van der Waals surface area contributed by atoms with Crippen molar-refractivity contribution in [1.82, 2.24) is 10.1 Å². The van der Waals surface area contributed by atoms with Gasteiger partial charge in [-0.2, -0.15) is 4.98 Å². The lowest BCUT2D eigenvalue weighted by Crippen LogP contribution is -2.66. The first-order chi connectivity index (χ1) is 19.2. The minimum atomic E-state index is -0.640. The average Bonchev–Trinajstić information content (AvgIpc) is 3.66. The molecule has 0 N–H and O–H groups in total. The highest BCUT2D eigenvalue weighted by atomic mass is 16.5. The molecule has 0 radical (unpaired) electrons. The molecule has 0 aliphatic heterocycles. The molecule has 6 aliphatic rings. The summed E-state index contributed by atoms with van der Waals surface area (Å²) in [5.74, 6) is 3.23. The highest BCUT2D eigenvalue weighted by Gasteiger charge is 2.71. The van der Waals surface area contributed by atoms with Gasteiger partial charge >= 0.3 is 0 Å². The van der Waals surface area contributed by atoms with Crippen molar-refractivity contribution < 1.29 is 14.1 Å². The maximum atomic E-state index is 14.7. The Balaban J connectivity index is 1.39. The van der Waals surface area contributed by atoms with E-state index in [0.717, 1.165) is 68.7 Å². The second kappa shape index (κ2) is 8.29. The Morgan fingerprint density at radius 1 is 0.976 bits per heavy atom. The molecule has 1 aromatic heterocycles. The fourth-order valence-corrected chi connectivity index (χ4v) is 11.1. The normalized spacial score (nSPS) is 46.7. The molecule has 0 bridgehead atoms. The van der Waals surface area contributed by atoms with Gasteiger partial charge in [0, 0.05) is 22.7 Å². The first kappa shape index (κ1) is 27.3. The van der Waals surface area contributed by atoms with Crippen LogP contribution in [0.4, 0.5) is 0 Å². The molecule has 6 nitrogen and oxygen atoms in total. The summed E-state index contributed by atoms with van der Waals surface area (Å²) in [5.41, 5.74) is -0.456. The molecular formula is C35H45N3O3. The zero-order chi connectivity index (χ0) is 29.3. The van der Waals surface area contributed by atoms with Gasteiger partial charge in [-0.25, -0.2) is 4.85 Å². The summed E-state index contributed by atoms with van der Waals surface area (Å²) in [7, 11) is 0. The molecule has 0 amide bonds. The smallest absolute Gasteiger partial charge is 0.233 e. The number of hydrogen-bond donors (Lipinski definition) is 0. The zero-order valence-corrected chi connectivity index (χ0v) is 25.8. The molecule has 6 heteroatoms. The third-order valence-corrected chi connectivity index (χ3v) is 14.0. The molecule has 7 rings (SSSR count). The summed E-state index contributed by atoms with van der Waals surface area (Å²) < 4.78 is 6.12. The highest BCUT2D eigenvalue weighted by molar-refractivity contribution is 6.03. The van der Waals surface area contributed by atoms with E-state index in [1.165, 1.54) is 0 Å². The van der Waals surface area contributed by atoms with E-state index in [1.54, 1.807) is 0 Å². The summed E-state index contributed by atoms with van der Waals surface area (Å²) in [6, 6.07) is 0. The Morgan fingerprint density at radius 2 is 1.71 bits per heavy atom. The van der Waals surface area contributed by atoms with Crippen LogP contribution in [0.15, 0.2) is 27.9 Å². The van der Waals surface area contributed by atoms with Crippen LogP contribution in [0.5, 0.6) is 0 Å². The van der Waals surface area contributed by atoms with Crippen LogP contribution in [-0.2, 0) is 15.0 Å². The van der Waals surface area contributed by atoms with E-state index in [2.05, 4.69) is 44.6 Å². The molecule has 0 saturated heterocycles. The van der Waals surface area contributed by atoms with Gasteiger partial charge in [0.25, 0.3) is 0 Å². The predicted octanol–water partition coefficient (Wildman–Crippen LogP) is 7.63. The van der Waals surface area contributed by atoms with E-state index in [-0.39, 0.29) is 51.3 Å². The third-order valence-electron chi connectivity index (χ3n) is 14.0. The zero-order valence-electron chi connectivity index (χ0n) is 25.8. The van der Waals surface area contributed by atoms with Crippen molar-refractivity contribution in [3.63, 3.8) is 0 Å². The summed E-state index contributed by atoms with van der Waals surface area (Å²) in [6.45, 7) is 23.5. The Hall–Kier alpha value is -2.55. The van der Waals surface area contributed by atoms with Crippen LogP contribution in [0.3, 0.4) is 0 Å². The second-order valence-electron chi connectivity index (χ2n) is 16.0. The number of fused-ring (bicyclic) bond motifs is 7. The number of Topliss-reactive ketones (excluding diaryl/α,β-unsaturated/α-hetero) is 1. The van der Waals surface area contributed by atoms with Crippen molar-refractivity contribution in [3.05, 3.63) is 46.6 Å². The fraction of sp³-hybridized carbons (Fsp3) is 0.743. The molecule has 0 unspecified atom stereocenters. The molecule has 6 aliphatic carbocycles. The van der Waals surface area contributed by atoms with E-state index in [1.807, 2.05) is 26.0 Å². The number of carbonyl (C=O) groups excluding carboxylic acids is 2. The van der Waals surface area contributed by atoms with Gasteiger partial charge in [-0.3, -0.25) is 4.79 Å². The van der Waals surface area contributed by atoms with E-state index in [9.17, 15) is 9.59 Å². The summed E-state index contributed by atoms with van der Waals surface area (Å²) in [4.78, 5) is 36.8. The lowest BCUT2D eigenvalue weighted by molar-refractivity contribution is -0.166. The lowest BCUT2D eigenvalue weighted by Gasteiger charge is -2.69. The first-order valence-electron chi connectivity index (χ1n) is 16.0. The molecule has 218 valence electrons. The number of aromatic nitrogens is 2. The third kappa shape index (κ3) is 3.24. The van der Waals surface area contributed by atoms with Gasteiger partial charge in [0.15, 0.2) is 17.4 Å². The van der Waals surface area contributed by atoms with Gasteiger partial charge in [-0.1, -0.05) is 65.3 Å². The van der Waals surface area contributed by atoms with Crippen molar-refractivity contribution in [2.45, 2.75) is 111 Å². The molecular weight excluding hydrogens is 510 g/mol. The number of carbonyl (C=O) groups is 2. The lowest BCUT2D eigenvalue weighted by atomic mass is 9.34. The summed E-state index contributed by atoms with van der Waals surface area (Å²) in [5, 5.41) is 4.45. The molecule has 0 spiro atoms. The number of hydrogen-bond acceptors (Lipinski definition) is 5. The highest BCUT2D eigenvalue weighted by Crippen LogP contribution is 2.74. The molecule has 1 heterocycles. The molecule has 9 atom stereocenters. The van der Waals surface area contributed by atoms with Gasteiger partial charge in [0.2, 0.25) is 11.6 Å². The number of rotatable bonds is 2. The Labute approximate surface area is 244 Å². The topological polar surface area (TPSA) is 77.4 Å². The maximum absolute atomic E-state index is 14.7. The first-order valence-corrected chi connectivity index (χ1v) is 16.0. The molecule has 4 fully saturated rings. The van der Waals surface area contributed by atoms with E-state index in [4.69, 9.17) is 16.1 Å². The quantitative estimate of drug-likeness (QED) is 0.351. The molecule has 0 aromatic carbocycles. The Kier molecular flexibility index (Phi) is 5.52. The van der Waals surface area contributed by atoms with Crippen molar-refractivity contribution in [1.29, 1.82) is 0 Å². The standard InChI is InChI=1S/C35H45N3O3/c1-19-11-14-35(30-37-29(38-41-30)21-9-10-21)16-15-34(7)27(26(35)20(19)2)23(39)17-25-32(5)18-22(36-8)28(40)31(3,4)24(32)12-13-33(25,34)6/h17-21,24,26-27H,9-16H2,1-7H3/t19-,20+,24+,26+,27-,32+,33-,34-,35+/m1/s1. The van der Waals surface area contributed by atoms with Gasteiger partial charge < -0.3 is 9.32 Å². The summed E-state index contributed by atoms with van der Waals surface area (Å²) in [6.07, 6.45) is 12.1. The van der Waals surface area contributed by atoms with Crippen molar-refractivity contribution in [2.24, 2.45) is 51.2 Å². The van der Waals surface area contributed by atoms with Crippen LogP contribution >= 0.6 is 0 Å². The van der Waals surface area contributed by atoms with Crippen LogP contribution in [-0.4, -0.2) is 21.7 Å². The number of ketones is 2. The largest absolute Gasteiger partial charge is 0.339 e. The molecule has 41 heavy (non-hydrogen) atoms. The average molecular weight is 556 g/mol. The number of allylic oxidation sites excluding steroid dienone is 4. The monoisotopic (exact) mass is 555 g/mol. The van der Waals surface area contributed by atoms with Crippen molar-refractivity contribution in [2.75, 3.05) is 0 Å². The number of nitrogens with zero attached hydrogens (tertiary/aromatic N) is 3. The summed E-state index contributed by atoms with van der Waals surface area (Å²) >= 11 is 0.